The first-order chi connectivity index (χ1) is 6.42. The van der Waals surface area contributed by atoms with Crippen molar-refractivity contribution in [3.8, 4) is 0 Å². The van der Waals surface area contributed by atoms with Crippen molar-refractivity contribution in [2.24, 2.45) is 5.73 Å². The van der Waals surface area contributed by atoms with E-state index in [0.29, 0.717) is 6.04 Å². The van der Waals surface area contributed by atoms with Gasteiger partial charge in [-0.25, -0.2) is 0 Å². The van der Waals surface area contributed by atoms with Gasteiger partial charge in [-0.05, 0) is 13.0 Å². The third kappa shape index (κ3) is 2.18. The zero-order valence-corrected chi connectivity index (χ0v) is 8.76. The van der Waals surface area contributed by atoms with Crippen molar-refractivity contribution in [1.29, 1.82) is 0 Å². The molecule has 0 saturated carbocycles. The Labute approximate surface area is 84.0 Å². The minimum atomic E-state index is 0.588. The largest absolute Gasteiger partial charge is 0.378 e. The van der Waals surface area contributed by atoms with Gasteiger partial charge >= 0.3 is 0 Å². The van der Waals surface area contributed by atoms with Gasteiger partial charge in [-0.1, -0.05) is 0 Å². The van der Waals surface area contributed by atoms with Crippen LogP contribution >= 0.6 is 11.8 Å². The number of ether oxygens (including phenoxy) is 1. The van der Waals surface area contributed by atoms with Crippen LogP contribution in [0.1, 0.15) is 6.42 Å². The van der Waals surface area contributed by atoms with Crippen LogP contribution in [0.4, 0.5) is 0 Å². The molecule has 2 aliphatic rings. The number of rotatable bonds is 3. The van der Waals surface area contributed by atoms with E-state index in [1.807, 2.05) is 11.8 Å². The van der Waals surface area contributed by atoms with E-state index in [0.717, 1.165) is 38.8 Å². The molecule has 0 aromatic heterocycles. The van der Waals surface area contributed by atoms with Gasteiger partial charge in [0.05, 0.1) is 13.2 Å². The topological polar surface area (TPSA) is 38.5 Å². The van der Waals surface area contributed by atoms with Crippen molar-refractivity contribution < 1.29 is 4.74 Å². The summed E-state index contributed by atoms with van der Waals surface area (Å²) < 4.78 is 5.48. The molecule has 2 heterocycles. The molecule has 2 N–H and O–H groups in total. The Balaban J connectivity index is 1.87. The summed E-state index contributed by atoms with van der Waals surface area (Å²) in [6.07, 6.45) is 1.08. The Hall–Kier alpha value is 0.230. The molecule has 3 nitrogen and oxygen atoms in total. The van der Waals surface area contributed by atoms with Gasteiger partial charge in [-0.15, -0.1) is 0 Å². The fraction of sp³-hybridized carbons (Fsp3) is 1.00. The standard InChI is InChI=1S/C9H18N2OS/c10-2-1-8-5-12-4-3-11(8)9-6-13-7-9/h8-9H,1-7,10H2. The maximum Gasteiger partial charge on any atom is 0.0623 e. The highest BCUT2D eigenvalue weighted by Gasteiger charge is 2.32. The van der Waals surface area contributed by atoms with Crippen LogP contribution in [-0.2, 0) is 4.74 Å². The lowest BCUT2D eigenvalue weighted by molar-refractivity contribution is -0.0241. The molecule has 0 amide bonds. The van der Waals surface area contributed by atoms with Gasteiger partial charge in [-0.2, -0.15) is 11.8 Å². The van der Waals surface area contributed by atoms with E-state index in [1.165, 1.54) is 11.5 Å². The van der Waals surface area contributed by atoms with Gasteiger partial charge in [0.25, 0.3) is 0 Å². The van der Waals surface area contributed by atoms with E-state index < -0.39 is 0 Å². The number of hydrogen-bond acceptors (Lipinski definition) is 4. The summed E-state index contributed by atoms with van der Waals surface area (Å²) in [5.41, 5.74) is 5.59. The van der Waals surface area contributed by atoms with Crippen LogP contribution in [0.5, 0.6) is 0 Å². The fourth-order valence-electron chi connectivity index (χ4n) is 2.00. The lowest BCUT2D eigenvalue weighted by Gasteiger charge is -2.44. The van der Waals surface area contributed by atoms with Crippen molar-refractivity contribution in [2.45, 2.75) is 18.5 Å². The van der Waals surface area contributed by atoms with Crippen molar-refractivity contribution in [2.75, 3.05) is 37.8 Å². The highest BCUT2D eigenvalue weighted by atomic mass is 32.2. The van der Waals surface area contributed by atoms with E-state index in [-0.39, 0.29) is 0 Å². The van der Waals surface area contributed by atoms with E-state index >= 15 is 0 Å². The van der Waals surface area contributed by atoms with E-state index in [4.69, 9.17) is 10.5 Å². The van der Waals surface area contributed by atoms with Gasteiger partial charge < -0.3 is 10.5 Å². The van der Waals surface area contributed by atoms with E-state index in [2.05, 4.69) is 4.90 Å². The summed E-state index contributed by atoms with van der Waals surface area (Å²) in [6.45, 7) is 3.68. The molecule has 2 rings (SSSR count). The Bertz CT molecular complexity index is 162. The molecule has 13 heavy (non-hydrogen) atoms. The van der Waals surface area contributed by atoms with Gasteiger partial charge in [0.15, 0.2) is 0 Å². The highest BCUT2D eigenvalue weighted by molar-refractivity contribution is 8.00. The van der Waals surface area contributed by atoms with Crippen LogP contribution in [0, 0.1) is 0 Å². The molecular weight excluding hydrogens is 184 g/mol. The quantitative estimate of drug-likeness (QED) is 0.707. The maximum absolute atomic E-state index is 5.59. The highest BCUT2D eigenvalue weighted by Crippen LogP contribution is 2.26. The minimum absolute atomic E-state index is 0.588. The molecule has 76 valence electrons. The second-order valence-electron chi connectivity index (χ2n) is 3.74. The average molecular weight is 202 g/mol. The molecule has 4 heteroatoms. The summed E-state index contributed by atoms with van der Waals surface area (Å²) >= 11 is 2.05. The zero-order valence-electron chi connectivity index (χ0n) is 7.95. The second-order valence-corrected chi connectivity index (χ2v) is 4.81. The Kier molecular flexibility index (Phi) is 3.49. The van der Waals surface area contributed by atoms with Gasteiger partial charge in [0.1, 0.15) is 0 Å². The molecule has 0 aromatic rings. The number of nitrogens with zero attached hydrogens (tertiary/aromatic N) is 1. The summed E-state index contributed by atoms with van der Waals surface area (Å²) in [7, 11) is 0. The van der Waals surface area contributed by atoms with Crippen molar-refractivity contribution in [3.63, 3.8) is 0 Å². The first kappa shape index (κ1) is 9.77. The van der Waals surface area contributed by atoms with Crippen LogP contribution < -0.4 is 5.73 Å². The molecule has 0 aliphatic carbocycles. The molecule has 0 spiro atoms. The summed E-state index contributed by atoms with van der Waals surface area (Å²) in [4.78, 5) is 2.60. The molecule has 1 atom stereocenters. The first-order valence-electron chi connectivity index (χ1n) is 5.03. The Morgan fingerprint density at radius 1 is 1.46 bits per heavy atom. The molecule has 0 aromatic carbocycles. The fourth-order valence-corrected chi connectivity index (χ4v) is 2.83. The smallest absolute Gasteiger partial charge is 0.0623 e. The Morgan fingerprint density at radius 3 is 2.92 bits per heavy atom. The number of hydrogen-bond donors (Lipinski definition) is 1. The van der Waals surface area contributed by atoms with Crippen molar-refractivity contribution in [3.05, 3.63) is 0 Å². The number of morpholine rings is 1. The van der Waals surface area contributed by atoms with Gasteiger partial charge in [0, 0.05) is 30.1 Å². The third-order valence-corrected chi connectivity index (χ3v) is 4.10. The Morgan fingerprint density at radius 2 is 2.31 bits per heavy atom. The SMILES string of the molecule is NCCC1COCCN1C1CSC1. The molecular formula is C9H18N2OS. The minimum Gasteiger partial charge on any atom is -0.378 e. The van der Waals surface area contributed by atoms with Crippen LogP contribution in [0.2, 0.25) is 0 Å². The normalized spacial score (nSPS) is 31.6. The van der Waals surface area contributed by atoms with E-state index in [1.54, 1.807) is 0 Å². The third-order valence-electron chi connectivity index (χ3n) is 2.86. The van der Waals surface area contributed by atoms with Crippen LogP contribution in [0.15, 0.2) is 0 Å². The predicted octanol–water partition coefficient (Wildman–Crippen LogP) is 0.151. The molecule has 2 aliphatic heterocycles. The molecule has 1 unspecified atom stereocenters. The van der Waals surface area contributed by atoms with E-state index in [9.17, 15) is 0 Å². The van der Waals surface area contributed by atoms with Gasteiger partial charge in [-0.3, -0.25) is 4.90 Å². The molecule has 2 saturated heterocycles. The van der Waals surface area contributed by atoms with Gasteiger partial charge in [0.2, 0.25) is 0 Å². The monoisotopic (exact) mass is 202 g/mol. The first-order valence-corrected chi connectivity index (χ1v) is 6.18. The van der Waals surface area contributed by atoms with Crippen molar-refractivity contribution in [1.82, 2.24) is 4.90 Å². The second kappa shape index (κ2) is 4.64. The van der Waals surface area contributed by atoms with Crippen LogP contribution in [-0.4, -0.2) is 54.8 Å². The lowest BCUT2D eigenvalue weighted by atomic mass is 10.1. The van der Waals surface area contributed by atoms with Crippen LogP contribution in [0.3, 0.4) is 0 Å². The summed E-state index contributed by atoms with van der Waals surface area (Å²) in [5.74, 6) is 2.61. The number of nitrogens with two attached hydrogens (primary N) is 1. The lowest BCUT2D eigenvalue weighted by Crippen LogP contribution is -2.55. The average Bonchev–Trinajstić information content (AvgIpc) is 2.05. The molecule has 0 radical (unpaired) electrons. The summed E-state index contributed by atoms with van der Waals surface area (Å²) in [5, 5.41) is 0. The van der Waals surface area contributed by atoms with Crippen molar-refractivity contribution >= 4 is 11.8 Å². The molecule has 0 bridgehead atoms. The predicted molar refractivity (Wildman–Crippen MR) is 56.1 cm³/mol. The number of thioether (sulfide) groups is 1. The van der Waals surface area contributed by atoms with Crippen LogP contribution in [0.25, 0.3) is 0 Å². The molecule has 2 fully saturated rings. The zero-order chi connectivity index (χ0) is 9.10. The summed E-state index contributed by atoms with van der Waals surface area (Å²) in [6, 6.07) is 1.40. The maximum atomic E-state index is 5.59.